The summed E-state index contributed by atoms with van der Waals surface area (Å²) in [7, 11) is 0. The summed E-state index contributed by atoms with van der Waals surface area (Å²) in [5, 5.41) is 13.8. The molecule has 3 N–H and O–H groups in total. The summed E-state index contributed by atoms with van der Waals surface area (Å²) in [6.07, 6.45) is 0.442. The zero-order chi connectivity index (χ0) is 17.2. The van der Waals surface area contributed by atoms with E-state index in [9.17, 15) is 19.2 Å². The second-order valence-corrected chi connectivity index (χ2v) is 4.94. The third-order valence-electron chi connectivity index (χ3n) is 3.18. The van der Waals surface area contributed by atoms with E-state index >= 15 is 0 Å². The second kappa shape index (κ2) is 9.34. The highest BCUT2D eigenvalue weighted by atomic mass is 16.4. The molecule has 0 aliphatic heterocycles. The van der Waals surface area contributed by atoms with Gasteiger partial charge in [0.25, 0.3) is 5.91 Å². The van der Waals surface area contributed by atoms with Crippen LogP contribution in [0.5, 0.6) is 0 Å². The fraction of sp³-hybridized carbons (Fsp3) is 0.375. The first-order chi connectivity index (χ1) is 10.9. The Balaban J connectivity index is 2.45. The van der Waals surface area contributed by atoms with Crippen molar-refractivity contribution >= 4 is 23.6 Å². The Morgan fingerprint density at radius 2 is 1.78 bits per heavy atom. The standard InChI is InChI=1S/C16H20N2O5/c1-2-12(19)8-9-13(16(22)23)18-14(20)10-17-15(21)11-6-4-3-5-7-11/h3-7,13H,2,8-10H2,1H3,(H,17,21)(H,18,20)(H,22,23)/t13-/m1/s1. The average Bonchev–Trinajstić information content (AvgIpc) is 2.56. The SMILES string of the molecule is CCC(=O)CC[C@@H](NC(=O)CNC(=O)c1ccccc1)C(=O)O. The van der Waals surface area contributed by atoms with Gasteiger partial charge in [-0.3, -0.25) is 14.4 Å². The van der Waals surface area contributed by atoms with Crippen molar-refractivity contribution in [1.82, 2.24) is 10.6 Å². The van der Waals surface area contributed by atoms with Gasteiger partial charge in [0, 0.05) is 18.4 Å². The van der Waals surface area contributed by atoms with E-state index in [0.717, 1.165) is 0 Å². The summed E-state index contributed by atoms with van der Waals surface area (Å²) in [4.78, 5) is 45.8. The fourth-order valence-electron chi connectivity index (χ4n) is 1.84. The minimum Gasteiger partial charge on any atom is -0.480 e. The highest BCUT2D eigenvalue weighted by molar-refractivity contribution is 5.96. The quantitative estimate of drug-likeness (QED) is 0.621. The first-order valence-corrected chi connectivity index (χ1v) is 7.31. The molecular weight excluding hydrogens is 300 g/mol. The lowest BCUT2D eigenvalue weighted by Gasteiger charge is -2.14. The van der Waals surface area contributed by atoms with Gasteiger partial charge in [0.1, 0.15) is 11.8 Å². The van der Waals surface area contributed by atoms with Crippen LogP contribution in [0.25, 0.3) is 0 Å². The number of aliphatic carboxylic acids is 1. The van der Waals surface area contributed by atoms with E-state index in [0.29, 0.717) is 12.0 Å². The molecule has 7 nitrogen and oxygen atoms in total. The molecule has 0 aliphatic rings. The number of Topliss-reactive ketones (excluding diaryl/α,β-unsaturated/α-hetero) is 1. The predicted molar refractivity (Wildman–Crippen MR) is 82.9 cm³/mol. The Hall–Kier alpha value is -2.70. The van der Waals surface area contributed by atoms with Gasteiger partial charge in [-0.2, -0.15) is 0 Å². The highest BCUT2D eigenvalue weighted by Gasteiger charge is 2.20. The third-order valence-corrected chi connectivity index (χ3v) is 3.18. The van der Waals surface area contributed by atoms with Crippen molar-refractivity contribution in [3.05, 3.63) is 35.9 Å². The maximum atomic E-state index is 11.8. The number of ketones is 1. The molecule has 0 unspecified atom stereocenters. The number of carbonyl (C=O) groups is 4. The summed E-state index contributed by atoms with van der Waals surface area (Å²) >= 11 is 0. The number of nitrogens with one attached hydrogen (secondary N) is 2. The normalized spacial score (nSPS) is 11.3. The molecule has 0 spiro atoms. The van der Waals surface area contributed by atoms with E-state index in [4.69, 9.17) is 5.11 Å². The number of carboxylic acids is 1. The molecule has 0 saturated carbocycles. The molecule has 124 valence electrons. The van der Waals surface area contributed by atoms with E-state index in [1.165, 1.54) is 0 Å². The van der Waals surface area contributed by atoms with Crippen molar-refractivity contribution in [2.45, 2.75) is 32.2 Å². The summed E-state index contributed by atoms with van der Waals surface area (Å²) in [5.41, 5.74) is 0.406. The first-order valence-electron chi connectivity index (χ1n) is 7.31. The van der Waals surface area contributed by atoms with Crippen LogP contribution in [0.2, 0.25) is 0 Å². The molecule has 0 bridgehead atoms. The first kappa shape index (κ1) is 18.3. The second-order valence-electron chi connectivity index (χ2n) is 4.94. The summed E-state index contributed by atoms with van der Waals surface area (Å²) in [6.45, 7) is 1.36. The van der Waals surface area contributed by atoms with Crippen molar-refractivity contribution in [2.75, 3.05) is 6.54 Å². The lowest BCUT2D eigenvalue weighted by molar-refractivity contribution is -0.142. The number of carbonyl (C=O) groups excluding carboxylic acids is 3. The van der Waals surface area contributed by atoms with Crippen LogP contribution < -0.4 is 10.6 Å². The fourth-order valence-corrected chi connectivity index (χ4v) is 1.84. The summed E-state index contributed by atoms with van der Waals surface area (Å²) in [5.74, 6) is -2.32. The molecular formula is C16H20N2O5. The number of amides is 2. The molecule has 0 heterocycles. The molecule has 0 aliphatic carbocycles. The van der Waals surface area contributed by atoms with Crippen molar-refractivity contribution in [2.24, 2.45) is 0 Å². The van der Waals surface area contributed by atoms with Gasteiger partial charge in [-0.15, -0.1) is 0 Å². The maximum Gasteiger partial charge on any atom is 0.326 e. The van der Waals surface area contributed by atoms with Crippen LogP contribution in [0.4, 0.5) is 0 Å². The van der Waals surface area contributed by atoms with Crippen LogP contribution in [-0.4, -0.2) is 41.3 Å². The van der Waals surface area contributed by atoms with E-state index < -0.39 is 23.8 Å². The topological polar surface area (TPSA) is 113 Å². The molecule has 1 rings (SSSR count). The third kappa shape index (κ3) is 6.73. The van der Waals surface area contributed by atoms with Gasteiger partial charge in [0.15, 0.2) is 0 Å². The zero-order valence-electron chi connectivity index (χ0n) is 12.9. The Kier molecular flexibility index (Phi) is 7.45. The molecule has 7 heteroatoms. The van der Waals surface area contributed by atoms with Gasteiger partial charge >= 0.3 is 5.97 Å². The number of rotatable bonds is 9. The maximum absolute atomic E-state index is 11.8. The van der Waals surface area contributed by atoms with Gasteiger partial charge in [-0.05, 0) is 18.6 Å². The van der Waals surface area contributed by atoms with E-state index in [2.05, 4.69) is 10.6 Å². The van der Waals surface area contributed by atoms with Gasteiger partial charge in [-0.25, -0.2) is 4.79 Å². The largest absolute Gasteiger partial charge is 0.480 e. The number of hydrogen-bond donors (Lipinski definition) is 3. The minimum absolute atomic E-state index is 0.0282. The molecule has 1 aromatic carbocycles. The van der Waals surface area contributed by atoms with Gasteiger partial charge in [-0.1, -0.05) is 25.1 Å². The summed E-state index contributed by atoms with van der Waals surface area (Å²) < 4.78 is 0. The molecule has 0 aromatic heterocycles. The number of hydrogen-bond acceptors (Lipinski definition) is 4. The van der Waals surface area contributed by atoms with E-state index in [-0.39, 0.29) is 25.2 Å². The lowest BCUT2D eigenvalue weighted by atomic mass is 10.1. The Bertz CT molecular complexity index is 571. The van der Waals surface area contributed by atoms with Crippen LogP contribution in [0.15, 0.2) is 30.3 Å². The Labute approximate surface area is 134 Å². The summed E-state index contributed by atoms with van der Waals surface area (Å²) in [6, 6.07) is 7.21. The number of carboxylic acid groups (broad SMARTS) is 1. The van der Waals surface area contributed by atoms with E-state index in [1.54, 1.807) is 37.3 Å². The van der Waals surface area contributed by atoms with Gasteiger partial charge in [0.05, 0.1) is 6.54 Å². The van der Waals surface area contributed by atoms with Crippen molar-refractivity contribution in [3.63, 3.8) is 0 Å². The van der Waals surface area contributed by atoms with E-state index in [1.807, 2.05) is 0 Å². The van der Waals surface area contributed by atoms with Crippen molar-refractivity contribution in [1.29, 1.82) is 0 Å². The average molecular weight is 320 g/mol. The van der Waals surface area contributed by atoms with Crippen LogP contribution in [-0.2, 0) is 14.4 Å². The van der Waals surface area contributed by atoms with Gasteiger partial charge < -0.3 is 15.7 Å². The van der Waals surface area contributed by atoms with Crippen LogP contribution >= 0.6 is 0 Å². The van der Waals surface area contributed by atoms with Crippen LogP contribution in [0.1, 0.15) is 36.5 Å². The Morgan fingerprint density at radius 1 is 1.13 bits per heavy atom. The van der Waals surface area contributed by atoms with Crippen LogP contribution in [0.3, 0.4) is 0 Å². The zero-order valence-corrected chi connectivity index (χ0v) is 12.9. The highest BCUT2D eigenvalue weighted by Crippen LogP contribution is 2.01. The molecule has 23 heavy (non-hydrogen) atoms. The number of benzene rings is 1. The molecule has 0 fully saturated rings. The predicted octanol–water partition coefficient (Wildman–Crippen LogP) is 0.745. The van der Waals surface area contributed by atoms with Crippen LogP contribution in [0, 0.1) is 0 Å². The molecule has 1 atom stereocenters. The van der Waals surface area contributed by atoms with Crippen molar-refractivity contribution < 1.29 is 24.3 Å². The molecule has 1 aromatic rings. The molecule has 0 saturated heterocycles. The lowest BCUT2D eigenvalue weighted by Crippen LogP contribution is -2.45. The van der Waals surface area contributed by atoms with Gasteiger partial charge in [0.2, 0.25) is 5.91 Å². The molecule has 2 amide bonds. The monoisotopic (exact) mass is 320 g/mol. The smallest absolute Gasteiger partial charge is 0.326 e. The Morgan fingerprint density at radius 3 is 2.35 bits per heavy atom. The minimum atomic E-state index is -1.21. The van der Waals surface area contributed by atoms with Crippen molar-refractivity contribution in [3.8, 4) is 0 Å². The molecule has 0 radical (unpaired) electrons.